The molecule has 0 saturated carbocycles. The first-order valence-corrected chi connectivity index (χ1v) is 6.56. The number of carbonyl (C=O) groups is 2. The third-order valence-corrected chi connectivity index (χ3v) is 2.97. The van der Waals surface area contributed by atoms with Gasteiger partial charge >= 0.3 is 6.09 Å². The molecule has 0 aliphatic carbocycles. The Morgan fingerprint density at radius 2 is 2.24 bits per heavy atom. The lowest BCUT2D eigenvalue weighted by atomic mass is 10.1. The minimum atomic E-state index is -1.34. The van der Waals surface area contributed by atoms with Crippen LogP contribution in [0, 0.1) is 5.82 Å². The van der Waals surface area contributed by atoms with Gasteiger partial charge in [-0.1, -0.05) is 18.2 Å². The smallest absolute Gasteiger partial charge is 0.405 e. The molecule has 0 aliphatic rings. The predicted octanol–water partition coefficient (Wildman–Crippen LogP) is 2.56. The molecular weight excluding hydrogens is 275 g/mol. The van der Waals surface area contributed by atoms with Crippen molar-refractivity contribution in [2.24, 2.45) is 0 Å². The molecule has 0 radical (unpaired) electrons. The van der Waals surface area contributed by atoms with Crippen molar-refractivity contribution in [3.63, 3.8) is 0 Å². The van der Waals surface area contributed by atoms with E-state index in [0.717, 1.165) is 18.9 Å². The Labute approximate surface area is 123 Å². The highest BCUT2D eigenvalue weighted by Gasteiger charge is 2.25. The first-order valence-electron chi connectivity index (χ1n) is 6.56. The summed E-state index contributed by atoms with van der Waals surface area (Å²) in [4.78, 5) is 24.6. The van der Waals surface area contributed by atoms with Crippen molar-refractivity contribution in [2.75, 3.05) is 13.6 Å². The van der Waals surface area contributed by atoms with Crippen LogP contribution in [-0.2, 0) is 4.79 Å². The Morgan fingerprint density at radius 3 is 2.81 bits per heavy atom. The highest BCUT2D eigenvalue weighted by molar-refractivity contribution is 5.86. The van der Waals surface area contributed by atoms with Gasteiger partial charge < -0.3 is 15.3 Å². The molecule has 1 aromatic carbocycles. The molecule has 0 saturated heterocycles. The van der Waals surface area contributed by atoms with E-state index in [4.69, 9.17) is 5.11 Å². The number of benzene rings is 1. The molecule has 6 heteroatoms. The van der Waals surface area contributed by atoms with E-state index < -0.39 is 23.9 Å². The fourth-order valence-electron chi connectivity index (χ4n) is 1.90. The van der Waals surface area contributed by atoms with Crippen LogP contribution in [0.2, 0.25) is 0 Å². The number of hydrogen-bond acceptors (Lipinski definition) is 2. The van der Waals surface area contributed by atoms with E-state index in [1.807, 2.05) is 0 Å². The third kappa shape index (κ3) is 5.25. The average Bonchev–Trinajstić information content (AvgIpc) is 2.44. The second kappa shape index (κ2) is 8.04. The molecule has 2 N–H and O–H groups in total. The zero-order valence-corrected chi connectivity index (χ0v) is 11.9. The lowest BCUT2D eigenvalue weighted by Crippen LogP contribution is -2.41. The first kappa shape index (κ1) is 16.7. The van der Waals surface area contributed by atoms with Crippen LogP contribution in [0.15, 0.2) is 36.9 Å². The summed E-state index contributed by atoms with van der Waals surface area (Å²) < 4.78 is 13.3. The summed E-state index contributed by atoms with van der Waals surface area (Å²) in [5, 5.41) is 11.0. The first-order chi connectivity index (χ1) is 9.95. The number of likely N-dealkylation sites (N-methyl/N-ethyl adjacent to an activating group) is 1. The van der Waals surface area contributed by atoms with Crippen LogP contribution in [0.25, 0.3) is 0 Å². The number of hydrogen-bond donors (Lipinski definition) is 2. The molecule has 2 amide bonds. The van der Waals surface area contributed by atoms with Crippen molar-refractivity contribution in [2.45, 2.75) is 18.9 Å². The molecule has 21 heavy (non-hydrogen) atoms. The summed E-state index contributed by atoms with van der Waals surface area (Å²) >= 11 is 0. The predicted molar refractivity (Wildman–Crippen MR) is 77.4 cm³/mol. The maximum atomic E-state index is 13.3. The van der Waals surface area contributed by atoms with Crippen LogP contribution in [0.1, 0.15) is 24.4 Å². The van der Waals surface area contributed by atoms with Crippen LogP contribution in [0.4, 0.5) is 9.18 Å². The minimum Gasteiger partial charge on any atom is -0.465 e. The SMILES string of the molecule is C=CCCCN(C)C(=O)C(NC(=O)O)c1cccc(F)c1. The molecule has 1 atom stereocenters. The Kier molecular flexibility index (Phi) is 6.39. The molecule has 1 rings (SSSR count). The zero-order valence-electron chi connectivity index (χ0n) is 11.9. The van der Waals surface area contributed by atoms with Gasteiger partial charge in [-0.3, -0.25) is 4.79 Å². The van der Waals surface area contributed by atoms with Gasteiger partial charge in [0.15, 0.2) is 0 Å². The second-order valence-electron chi connectivity index (χ2n) is 4.63. The highest BCUT2D eigenvalue weighted by atomic mass is 19.1. The van der Waals surface area contributed by atoms with Crippen LogP contribution >= 0.6 is 0 Å². The lowest BCUT2D eigenvalue weighted by molar-refractivity contribution is -0.132. The Morgan fingerprint density at radius 1 is 1.52 bits per heavy atom. The third-order valence-electron chi connectivity index (χ3n) is 2.97. The van der Waals surface area contributed by atoms with Gasteiger partial charge in [-0.2, -0.15) is 0 Å². The number of halogens is 1. The van der Waals surface area contributed by atoms with Crippen molar-refractivity contribution in [1.29, 1.82) is 0 Å². The Bertz CT molecular complexity index is 519. The van der Waals surface area contributed by atoms with Crippen LogP contribution in [0.5, 0.6) is 0 Å². The average molecular weight is 294 g/mol. The van der Waals surface area contributed by atoms with Crippen molar-refractivity contribution in [1.82, 2.24) is 10.2 Å². The van der Waals surface area contributed by atoms with Gasteiger partial charge in [0.1, 0.15) is 11.9 Å². The molecule has 0 heterocycles. The van der Waals surface area contributed by atoms with Crippen molar-refractivity contribution >= 4 is 12.0 Å². The molecular formula is C15H19FN2O3. The topological polar surface area (TPSA) is 69.6 Å². The summed E-state index contributed by atoms with van der Waals surface area (Å²) in [5.74, 6) is -0.945. The number of carbonyl (C=O) groups excluding carboxylic acids is 1. The second-order valence-corrected chi connectivity index (χ2v) is 4.63. The quantitative estimate of drug-likeness (QED) is 0.600. The van der Waals surface area contributed by atoms with Crippen molar-refractivity contribution in [3.05, 3.63) is 48.3 Å². The number of nitrogens with one attached hydrogen (secondary N) is 1. The van der Waals surface area contributed by atoms with Gasteiger partial charge in [0, 0.05) is 13.6 Å². The monoisotopic (exact) mass is 294 g/mol. The Hall–Kier alpha value is -2.37. The van der Waals surface area contributed by atoms with Crippen LogP contribution in [0.3, 0.4) is 0 Å². The summed E-state index contributed by atoms with van der Waals surface area (Å²) in [6, 6.07) is 4.22. The number of carboxylic acid groups (broad SMARTS) is 1. The largest absolute Gasteiger partial charge is 0.465 e. The molecule has 0 aliphatic heterocycles. The molecule has 0 aromatic heterocycles. The summed E-state index contributed by atoms with van der Waals surface area (Å²) in [7, 11) is 1.58. The molecule has 0 fully saturated rings. The number of nitrogens with zero attached hydrogens (tertiary/aromatic N) is 1. The molecule has 0 spiro atoms. The molecule has 114 valence electrons. The number of unbranched alkanes of at least 4 members (excludes halogenated alkanes) is 1. The van der Waals surface area contributed by atoms with Gasteiger partial charge in [0.25, 0.3) is 0 Å². The lowest BCUT2D eigenvalue weighted by Gasteiger charge is -2.24. The molecule has 1 unspecified atom stereocenters. The maximum absolute atomic E-state index is 13.3. The van der Waals surface area contributed by atoms with Gasteiger partial charge in [0.2, 0.25) is 5.91 Å². The number of amides is 2. The number of rotatable bonds is 7. The van der Waals surface area contributed by atoms with E-state index in [1.165, 1.54) is 23.1 Å². The van der Waals surface area contributed by atoms with Crippen molar-refractivity contribution < 1.29 is 19.1 Å². The van der Waals surface area contributed by atoms with Crippen LogP contribution in [-0.4, -0.2) is 35.6 Å². The van der Waals surface area contributed by atoms with Gasteiger partial charge in [0.05, 0.1) is 0 Å². The highest BCUT2D eigenvalue weighted by Crippen LogP contribution is 2.17. The van der Waals surface area contributed by atoms with E-state index in [0.29, 0.717) is 6.54 Å². The normalized spacial score (nSPS) is 11.5. The van der Waals surface area contributed by atoms with Gasteiger partial charge in [-0.05, 0) is 30.5 Å². The van der Waals surface area contributed by atoms with Crippen molar-refractivity contribution in [3.8, 4) is 0 Å². The summed E-state index contributed by atoms with van der Waals surface area (Å²) in [6.07, 6.45) is 1.90. The fraction of sp³-hybridized carbons (Fsp3) is 0.333. The molecule has 0 bridgehead atoms. The Balaban J connectivity index is 2.88. The molecule has 1 aromatic rings. The van der Waals surface area contributed by atoms with E-state index in [2.05, 4.69) is 11.9 Å². The zero-order chi connectivity index (χ0) is 15.8. The van der Waals surface area contributed by atoms with E-state index in [1.54, 1.807) is 13.1 Å². The van der Waals surface area contributed by atoms with E-state index >= 15 is 0 Å². The maximum Gasteiger partial charge on any atom is 0.405 e. The van der Waals surface area contributed by atoms with Gasteiger partial charge in [-0.25, -0.2) is 9.18 Å². The fourth-order valence-corrected chi connectivity index (χ4v) is 1.90. The minimum absolute atomic E-state index is 0.276. The van der Waals surface area contributed by atoms with E-state index in [9.17, 15) is 14.0 Å². The van der Waals surface area contributed by atoms with E-state index in [-0.39, 0.29) is 5.56 Å². The van der Waals surface area contributed by atoms with Crippen LogP contribution < -0.4 is 5.32 Å². The van der Waals surface area contributed by atoms with Gasteiger partial charge in [-0.15, -0.1) is 6.58 Å². The molecule has 5 nitrogen and oxygen atoms in total. The standard InChI is InChI=1S/C15H19FN2O3/c1-3-4-5-9-18(2)14(19)13(17-15(20)21)11-7-6-8-12(16)10-11/h3,6-8,10,13,17H,1,4-5,9H2,2H3,(H,20,21). The summed E-state index contributed by atoms with van der Waals surface area (Å²) in [5.41, 5.74) is 0.276. The summed E-state index contributed by atoms with van der Waals surface area (Å²) in [6.45, 7) is 4.07. The number of allylic oxidation sites excluding steroid dienone is 1.